The standard InChI is InChI=1S/C10H20NO3/c1-8(12)14-10-9(11(2,3)4)6-5-7-13-10/h9-10H,5-7H2,1-4H3/q+1. The third kappa shape index (κ3) is 2.96. The van der Waals surface area contributed by atoms with Gasteiger partial charge in [0.2, 0.25) is 0 Å². The topological polar surface area (TPSA) is 35.5 Å². The third-order valence-corrected chi connectivity index (χ3v) is 2.52. The largest absolute Gasteiger partial charge is 0.429 e. The molecule has 0 aromatic carbocycles. The Hall–Kier alpha value is -0.610. The Morgan fingerprint density at radius 1 is 1.43 bits per heavy atom. The number of carbonyl (C=O) groups is 1. The minimum atomic E-state index is -0.374. The van der Waals surface area contributed by atoms with Gasteiger partial charge in [-0.05, 0) is 6.42 Å². The summed E-state index contributed by atoms with van der Waals surface area (Å²) in [5.41, 5.74) is 0. The number of esters is 1. The zero-order chi connectivity index (χ0) is 10.8. The summed E-state index contributed by atoms with van der Waals surface area (Å²) >= 11 is 0. The van der Waals surface area contributed by atoms with E-state index in [9.17, 15) is 4.79 Å². The molecule has 1 saturated heterocycles. The lowest BCUT2D eigenvalue weighted by Gasteiger charge is -2.40. The van der Waals surface area contributed by atoms with Crippen LogP contribution in [0.15, 0.2) is 0 Å². The van der Waals surface area contributed by atoms with Crippen molar-refractivity contribution in [2.45, 2.75) is 32.1 Å². The molecule has 0 aromatic rings. The molecular weight excluding hydrogens is 182 g/mol. The van der Waals surface area contributed by atoms with E-state index in [1.54, 1.807) is 0 Å². The predicted octanol–water partition coefficient (Wildman–Crippen LogP) is 0.761. The fraction of sp³-hybridized carbons (Fsp3) is 0.900. The van der Waals surface area contributed by atoms with E-state index in [1.165, 1.54) is 6.92 Å². The maximum Gasteiger partial charge on any atom is 0.305 e. The molecule has 0 N–H and O–H groups in total. The Balaban J connectivity index is 2.64. The Morgan fingerprint density at radius 2 is 2.07 bits per heavy atom. The molecule has 0 saturated carbocycles. The highest BCUT2D eigenvalue weighted by atomic mass is 16.7. The second-order valence-electron chi connectivity index (χ2n) is 4.67. The molecule has 1 fully saturated rings. The van der Waals surface area contributed by atoms with Crippen molar-refractivity contribution in [3.8, 4) is 0 Å². The fourth-order valence-corrected chi connectivity index (χ4v) is 1.77. The number of hydrogen-bond acceptors (Lipinski definition) is 3. The SMILES string of the molecule is CC(=O)OC1OCCCC1[N+](C)(C)C. The fourth-order valence-electron chi connectivity index (χ4n) is 1.77. The Labute approximate surface area is 85.4 Å². The van der Waals surface area contributed by atoms with Crippen molar-refractivity contribution in [1.82, 2.24) is 0 Å². The minimum absolute atomic E-state index is 0.243. The van der Waals surface area contributed by atoms with Gasteiger partial charge in [-0.1, -0.05) is 0 Å². The van der Waals surface area contributed by atoms with Gasteiger partial charge in [-0.2, -0.15) is 0 Å². The van der Waals surface area contributed by atoms with Gasteiger partial charge in [0.15, 0.2) is 6.04 Å². The summed E-state index contributed by atoms with van der Waals surface area (Å²) in [7, 11) is 6.28. The lowest BCUT2D eigenvalue weighted by molar-refractivity contribution is -0.904. The quantitative estimate of drug-likeness (QED) is 0.490. The first-order chi connectivity index (χ1) is 6.41. The van der Waals surface area contributed by atoms with E-state index in [4.69, 9.17) is 9.47 Å². The molecule has 0 bridgehead atoms. The lowest BCUT2D eigenvalue weighted by Crippen LogP contribution is -2.55. The van der Waals surface area contributed by atoms with Crippen LogP contribution in [0.4, 0.5) is 0 Å². The molecule has 0 aliphatic carbocycles. The number of quaternary nitrogens is 1. The molecule has 0 aromatic heterocycles. The molecule has 0 radical (unpaired) electrons. The van der Waals surface area contributed by atoms with Crippen LogP contribution in [0.3, 0.4) is 0 Å². The number of hydrogen-bond donors (Lipinski definition) is 0. The van der Waals surface area contributed by atoms with E-state index >= 15 is 0 Å². The van der Waals surface area contributed by atoms with Gasteiger partial charge < -0.3 is 14.0 Å². The van der Waals surface area contributed by atoms with E-state index < -0.39 is 0 Å². The molecule has 0 amide bonds. The van der Waals surface area contributed by atoms with Crippen LogP contribution in [0.2, 0.25) is 0 Å². The number of carbonyl (C=O) groups excluding carboxylic acids is 1. The molecule has 1 rings (SSSR count). The number of rotatable bonds is 2. The van der Waals surface area contributed by atoms with Crippen LogP contribution in [-0.2, 0) is 14.3 Å². The van der Waals surface area contributed by atoms with Gasteiger partial charge >= 0.3 is 5.97 Å². The van der Waals surface area contributed by atoms with Gasteiger partial charge in [0.1, 0.15) is 0 Å². The highest BCUT2D eigenvalue weighted by Gasteiger charge is 2.38. The number of ether oxygens (including phenoxy) is 2. The van der Waals surface area contributed by atoms with Crippen molar-refractivity contribution in [3.05, 3.63) is 0 Å². The van der Waals surface area contributed by atoms with Crippen molar-refractivity contribution in [3.63, 3.8) is 0 Å². The molecule has 1 aliphatic rings. The molecule has 0 spiro atoms. The van der Waals surface area contributed by atoms with Crippen molar-refractivity contribution in [2.75, 3.05) is 27.7 Å². The maximum absolute atomic E-state index is 10.9. The minimum Gasteiger partial charge on any atom is -0.429 e. The number of likely N-dealkylation sites (N-methyl/N-ethyl adjacent to an activating group) is 1. The van der Waals surface area contributed by atoms with Crippen molar-refractivity contribution >= 4 is 5.97 Å². The van der Waals surface area contributed by atoms with Crippen molar-refractivity contribution in [2.24, 2.45) is 0 Å². The summed E-state index contributed by atoms with van der Waals surface area (Å²) < 4.78 is 11.4. The van der Waals surface area contributed by atoms with Crippen LogP contribution < -0.4 is 0 Å². The second-order valence-corrected chi connectivity index (χ2v) is 4.67. The van der Waals surface area contributed by atoms with E-state index in [2.05, 4.69) is 21.1 Å². The van der Waals surface area contributed by atoms with Gasteiger partial charge in [0.05, 0.1) is 27.7 Å². The monoisotopic (exact) mass is 202 g/mol. The summed E-state index contributed by atoms with van der Waals surface area (Å²) in [5.74, 6) is -0.268. The second kappa shape index (κ2) is 4.28. The van der Waals surface area contributed by atoms with E-state index in [1.807, 2.05) is 0 Å². The van der Waals surface area contributed by atoms with Gasteiger partial charge in [0.25, 0.3) is 6.29 Å². The van der Waals surface area contributed by atoms with Gasteiger partial charge in [-0.15, -0.1) is 0 Å². The van der Waals surface area contributed by atoms with Crippen LogP contribution in [0.1, 0.15) is 19.8 Å². The van der Waals surface area contributed by atoms with Gasteiger partial charge in [0, 0.05) is 13.3 Å². The smallest absolute Gasteiger partial charge is 0.305 e. The lowest BCUT2D eigenvalue weighted by atomic mass is 10.1. The van der Waals surface area contributed by atoms with Gasteiger partial charge in [-0.25, -0.2) is 0 Å². The molecular formula is C10H20NO3+. The van der Waals surface area contributed by atoms with E-state index in [0.717, 1.165) is 17.3 Å². The molecule has 2 atom stereocenters. The average Bonchev–Trinajstić information content (AvgIpc) is 2.01. The van der Waals surface area contributed by atoms with E-state index in [0.29, 0.717) is 6.61 Å². The van der Waals surface area contributed by atoms with Crippen molar-refractivity contribution in [1.29, 1.82) is 0 Å². The van der Waals surface area contributed by atoms with E-state index in [-0.39, 0.29) is 18.3 Å². The molecule has 1 aliphatic heterocycles. The first-order valence-electron chi connectivity index (χ1n) is 5.01. The molecule has 1 heterocycles. The first-order valence-corrected chi connectivity index (χ1v) is 5.01. The summed E-state index contributed by atoms with van der Waals surface area (Å²) in [6, 6.07) is 0.243. The Kier molecular flexibility index (Phi) is 3.50. The molecule has 4 nitrogen and oxygen atoms in total. The maximum atomic E-state index is 10.9. The summed E-state index contributed by atoms with van der Waals surface area (Å²) in [5, 5.41) is 0. The van der Waals surface area contributed by atoms with Crippen LogP contribution in [0, 0.1) is 0 Å². The summed E-state index contributed by atoms with van der Waals surface area (Å²) in [4.78, 5) is 10.9. The van der Waals surface area contributed by atoms with Crippen LogP contribution in [0.5, 0.6) is 0 Å². The summed E-state index contributed by atoms with van der Waals surface area (Å²) in [6.07, 6.45) is 1.71. The summed E-state index contributed by atoms with van der Waals surface area (Å²) in [6.45, 7) is 2.11. The van der Waals surface area contributed by atoms with Crippen LogP contribution in [0.25, 0.3) is 0 Å². The highest BCUT2D eigenvalue weighted by molar-refractivity contribution is 5.66. The zero-order valence-corrected chi connectivity index (χ0v) is 9.45. The van der Waals surface area contributed by atoms with Gasteiger partial charge in [-0.3, -0.25) is 4.79 Å². The third-order valence-electron chi connectivity index (χ3n) is 2.52. The zero-order valence-electron chi connectivity index (χ0n) is 9.45. The Morgan fingerprint density at radius 3 is 2.57 bits per heavy atom. The molecule has 14 heavy (non-hydrogen) atoms. The van der Waals surface area contributed by atoms with Crippen molar-refractivity contribution < 1.29 is 18.8 Å². The molecule has 82 valence electrons. The van der Waals surface area contributed by atoms with Crippen LogP contribution in [-0.4, -0.2) is 50.5 Å². The highest BCUT2D eigenvalue weighted by Crippen LogP contribution is 2.22. The normalized spacial score (nSPS) is 28.6. The van der Waals surface area contributed by atoms with Crippen LogP contribution >= 0.6 is 0 Å². The first kappa shape index (κ1) is 11.5. The molecule has 4 heteroatoms. The number of nitrogens with zero attached hydrogens (tertiary/aromatic N) is 1. The average molecular weight is 202 g/mol. The predicted molar refractivity (Wildman–Crippen MR) is 52.6 cm³/mol. The Bertz CT molecular complexity index is 210. The molecule has 2 unspecified atom stereocenters.